The summed E-state index contributed by atoms with van der Waals surface area (Å²) in [6, 6.07) is 10.3. The number of nitrogens with zero attached hydrogens (tertiary/aromatic N) is 3. The molecule has 1 aromatic heterocycles. The van der Waals surface area contributed by atoms with Crippen molar-refractivity contribution in [1.82, 2.24) is 14.5 Å². The molecule has 3 rings (SSSR count). The van der Waals surface area contributed by atoms with Crippen LogP contribution in [-0.4, -0.2) is 40.4 Å². The maximum absolute atomic E-state index is 11.9. The standard InChI is InChI=1S/C17H23N3O2S/c1-2-19-14-18-10-17(19)12-20(11-15-6-4-3-5-7-15)16-8-9-23(21,22)13-16/h3-7,10,14,16H,2,8-9,11-13H2,1H3. The second kappa shape index (κ2) is 6.84. The minimum Gasteiger partial charge on any atom is -0.334 e. The van der Waals surface area contributed by atoms with E-state index in [2.05, 4.69) is 33.5 Å². The van der Waals surface area contributed by atoms with Crippen molar-refractivity contribution in [3.05, 3.63) is 54.1 Å². The highest BCUT2D eigenvalue weighted by molar-refractivity contribution is 7.91. The van der Waals surface area contributed by atoms with Gasteiger partial charge in [-0.25, -0.2) is 13.4 Å². The molecule has 0 amide bonds. The normalized spacial score (nSPS) is 20.2. The highest BCUT2D eigenvalue weighted by atomic mass is 32.2. The maximum Gasteiger partial charge on any atom is 0.151 e. The van der Waals surface area contributed by atoms with Gasteiger partial charge in [-0.1, -0.05) is 30.3 Å². The van der Waals surface area contributed by atoms with Crippen molar-refractivity contribution in [3.63, 3.8) is 0 Å². The Labute approximate surface area is 137 Å². The van der Waals surface area contributed by atoms with Gasteiger partial charge in [0.15, 0.2) is 9.84 Å². The highest BCUT2D eigenvalue weighted by Gasteiger charge is 2.32. The van der Waals surface area contributed by atoms with Crippen molar-refractivity contribution >= 4 is 9.84 Å². The van der Waals surface area contributed by atoms with E-state index in [0.717, 1.165) is 31.7 Å². The molecular weight excluding hydrogens is 310 g/mol. The van der Waals surface area contributed by atoms with E-state index in [0.29, 0.717) is 5.75 Å². The van der Waals surface area contributed by atoms with Crippen molar-refractivity contribution in [2.75, 3.05) is 11.5 Å². The number of hydrogen-bond acceptors (Lipinski definition) is 4. The molecule has 1 atom stereocenters. The van der Waals surface area contributed by atoms with Gasteiger partial charge >= 0.3 is 0 Å². The molecule has 0 radical (unpaired) electrons. The summed E-state index contributed by atoms with van der Waals surface area (Å²) in [6.45, 7) is 4.45. The molecule has 1 aromatic carbocycles. The minimum atomic E-state index is -2.89. The molecule has 0 aliphatic carbocycles. The molecule has 1 saturated heterocycles. The summed E-state index contributed by atoms with van der Waals surface area (Å²) in [7, 11) is -2.89. The molecule has 0 spiro atoms. The summed E-state index contributed by atoms with van der Waals surface area (Å²) in [6.07, 6.45) is 4.43. The molecule has 124 valence electrons. The Morgan fingerprint density at radius 2 is 2.04 bits per heavy atom. The van der Waals surface area contributed by atoms with Crippen molar-refractivity contribution in [1.29, 1.82) is 0 Å². The molecule has 1 unspecified atom stereocenters. The smallest absolute Gasteiger partial charge is 0.151 e. The average Bonchev–Trinajstić information content (AvgIpc) is 3.13. The molecule has 0 saturated carbocycles. The van der Waals surface area contributed by atoms with Gasteiger partial charge in [0.05, 0.1) is 23.5 Å². The van der Waals surface area contributed by atoms with Crippen LogP contribution in [0.3, 0.4) is 0 Å². The van der Waals surface area contributed by atoms with Crippen LogP contribution in [0.2, 0.25) is 0 Å². The van der Waals surface area contributed by atoms with E-state index in [1.807, 2.05) is 30.7 Å². The summed E-state index contributed by atoms with van der Waals surface area (Å²) in [4.78, 5) is 6.51. The van der Waals surface area contributed by atoms with E-state index in [9.17, 15) is 8.42 Å². The first kappa shape index (κ1) is 16.2. The number of aromatic nitrogens is 2. The lowest BCUT2D eigenvalue weighted by molar-refractivity contribution is 0.189. The zero-order valence-corrected chi connectivity index (χ0v) is 14.2. The lowest BCUT2D eigenvalue weighted by Crippen LogP contribution is -2.35. The Morgan fingerprint density at radius 1 is 1.26 bits per heavy atom. The number of benzene rings is 1. The van der Waals surface area contributed by atoms with Crippen LogP contribution in [0.1, 0.15) is 24.6 Å². The van der Waals surface area contributed by atoms with Crippen LogP contribution < -0.4 is 0 Å². The first-order chi connectivity index (χ1) is 11.1. The van der Waals surface area contributed by atoms with E-state index < -0.39 is 9.84 Å². The predicted molar refractivity (Wildman–Crippen MR) is 90.6 cm³/mol. The molecule has 6 heteroatoms. The molecule has 1 aliphatic rings. The second-order valence-corrected chi connectivity index (χ2v) is 8.35. The average molecular weight is 333 g/mol. The molecular formula is C17H23N3O2S. The summed E-state index contributed by atoms with van der Waals surface area (Å²) in [5.41, 5.74) is 2.34. The lowest BCUT2D eigenvalue weighted by Gasteiger charge is -2.28. The molecule has 5 nitrogen and oxygen atoms in total. The van der Waals surface area contributed by atoms with E-state index in [1.165, 1.54) is 5.56 Å². The summed E-state index contributed by atoms with van der Waals surface area (Å²) in [5.74, 6) is 0.566. The number of aryl methyl sites for hydroxylation is 1. The third kappa shape index (κ3) is 4.00. The fraction of sp³-hybridized carbons (Fsp3) is 0.471. The van der Waals surface area contributed by atoms with Gasteiger partial charge < -0.3 is 4.57 Å². The Balaban J connectivity index is 1.81. The molecule has 1 fully saturated rings. The predicted octanol–water partition coefficient (Wildman–Crippen LogP) is 2.09. The largest absolute Gasteiger partial charge is 0.334 e. The van der Waals surface area contributed by atoms with Crippen molar-refractivity contribution < 1.29 is 8.42 Å². The molecule has 0 N–H and O–H groups in total. The van der Waals surface area contributed by atoms with Crippen LogP contribution in [0, 0.1) is 0 Å². The topological polar surface area (TPSA) is 55.2 Å². The van der Waals surface area contributed by atoms with E-state index >= 15 is 0 Å². The van der Waals surface area contributed by atoms with Gasteiger partial charge in [-0.2, -0.15) is 0 Å². The Kier molecular flexibility index (Phi) is 4.82. The van der Waals surface area contributed by atoms with Crippen molar-refractivity contribution in [2.45, 2.75) is 39.0 Å². The number of imidazole rings is 1. The van der Waals surface area contributed by atoms with Gasteiger partial charge in [-0.15, -0.1) is 0 Å². The quantitative estimate of drug-likeness (QED) is 0.812. The Morgan fingerprint density at radius 3 is 2.70 bits per heavy atom. The highest BCUT2D eigenvalue weighted by Crippen LogP contribution is 2.22. The molecule has 23 heavy (non-hydrogen) atoms. The van der Waals surface area contributed by atoms with E-state index in [-0.39, 0.29) is 11.8 Å². The first-order valence-electron chi connectivity index (χ1n) is 8.05. The van der Waals surface area contributed by atoms with Crippen LogP contribution >= 0.6 is 0 Å². The van der Waals surface area contributed by atoms with Crippen molar-refractivity contribution in [2.24, 2.45) is 0 Å². The zero-order chi connectivity index (χ0) is 16.3. The molecule has 2 aromatic rings. The zero-order valence-electron chi connectivity index (χ0n) is 13.4. The fourth-order valence-electron chi connectivity index (χ4n) is 3.17. The molecule has 1 aliphatic heterocycles. The Hall–Kier alpha value is -1.66. The lowest BCUT2D eigenvalue weighted by atomic mass is 10.1. The third-order valence-electron chi connectivity index (χ3n) is 4.46. The van der Waals surface area contributed by atoms with E-state index in [1.54, 1.807) is 0 Å². The summed E-state index contributed by atoms with van der Waals surface area (Å²) in [5, 5.41) is 0. The van der Waals surface area contributed by atoms with Gasteiger partial charge in [-0.05, 0) is 18.9 Å². The van der Waals surface area contributed by atoms with Gasteiger partial charge in [0, 0.05) is 31.9 Å². The SMILES string of the molecule is CCn1cncc1CN(Cc1ccccc1)C1CCS(=O)(=O)C1. The number of hydrogen-bond donors (Lipinski definition) is 0. The van der Waals surface area contributed by atoms with Crippen LogP contribution in [-0.2, 0) is 29.5 Å². The molecule has 0 bridgehead atoms. The third-order valence-corrected chi connectivity index (χ3v) is 6.21. The number of rotatable bonds is 6. The van der Waals surface area contributed by atoms with Crippen LogP contribution in [0.15, 0.2) is 42.9 Å². The number of sulfone groups is 1. The minimum absolute atomic E-state index is 0.0837. The van der Waals surface area contributed by atoms with Gasteiger partial charge in [0.2, 0.25) is 0 Å². The summed E-state index contributed by atoms with van der Waals surface area (Å²) < 4.78 is 25.9. The van der Waals surface area contributed by atoms with Crippen LogP contribution in [0.25, 0.3) is 0 Å². The Bertz CT molecular complexity index is 740. The first-order valence-corrected chi connectivity index (χ1v) is 9.87. The van der Waals surface area contributed by atoms with Crippen LogP contribution in [0.4, 0.5) is 0 Å². The maximum atomic E-state index is 11.9. The van der Waals surface area contributed by atoms with Gasteiger partial charge in [0.1, 0.15) is 0 Å². The van der Waals surface area contributed by atoms with Gasteiger partial charge in [0.25, 0.3) is 0 Å². The fourth-order valence-corrected chi connectivity index (χ4v) is 4.93. The van der Waals surface area contributed by atoms with Crippen LogP contribution in [0.5, 0.6) is 0 Å². The van der Waals surface area contributed by atoms with Gasteiger partial charge in [-0.3, -0.25) is 4.90 Å². The van der Waals surface area contributed by atoms with Crippen molar-refractivity contribution in [3.8, 4) is 0 Å². The van der Waals surface area contributed by atoms with E-state index in [4.69, 9.17) is 0 Å². The summed E-state index contributed by atoms with van der Waals surface area (Å²) >= 11 is 0. The molecule has 2 heterocycles. The second-order valence-electron chi connectivity index (χ2n) is 6.12. The monoisotopic (exact) mass is 333 g/mol.